The molecule has 0 radical (unpaired) electrons. The number of benzene rings is 1. The maximum absolute atomic E-state index is 13.2. The molecule has 2 N–H and O–H groups in total. The van der Waals surface area contributed by atoms with Gasteiger partial charge in [-0.25, -0.2) is 19.9 Å². The molecular weight excluding hydrogens is 719 g/mol. The van der Waals surface area contributed by atoms with Crippen molar-refractivity contribution in [1.29, 1.82) is 10.5 Å². The number of rotatable bonds is 12. The minimum atomic E-state index is -1.70. The Balaban J connectivity index is 1.33. The van der Waals surface area contributed by atoms with Crippen molar-refractivity contribution in [3.8, 4) is 24.0 Å². The Morgan fingerprint density at radius 2 is 1.06 bits per heavy atom. The molecule has 0 spiro atoms. The van der Waals surface area contributed by atoms with Crippen molar-refractivity contribution in [1.82, 2.24) is 39.5 Å². The third-order valence-electron chi connectivity index (χ3n) is 6.59. The van der Waals surface area contributed by atoms with E-state index in [-0.39, 0.29) is 56.1 Å². The minimum absolute atomic E-state index is 0.0276. The quantitative estimate of drug-likeness (QED) is 0.135. The van der Waals surface area contributed by atoms with Crippen molar-refractivity contribution >= 4 is 69.6 Å². The molecule has 5 aromatic rings. The third kappa shape index (κ3) is 8.00. The first kappa shape index (κ1) is 36.1. The summed E-state index contributed by atoms with van der Waals surface area (Å²) in [6, 6.07) is 5.88. The molecule has 20 nitrogen and oxygen atoms in total. The van der Waals surface area contributed by atoms with Crippen LogP contribution in [-0.4, -0.2) is 75.0 Å². The third-order valence-corrected chi connectivity index (χ3v) is 7.21. The lowest BCUT2D eigenvalue weighted by molar-refractivity contribution is -0.127. The lowest BCUT2D eigenvalue weighted by atomic mass is 10.2. The van der Waals surface area contributed by atoms with Crippen LogP contribution in [0.5, 0.6) is 0 Å². The molecule has 4 aromatic heterocycles. The first-order valence-corrected chi connectivity index (χ1v) is 15.2. The van der Waals surface area contributed by atoms with Gasteiger partial charge in [-0.1, -0.05) is 23.2 Å². The van der Waals surface area contributed by atoms with Gasteiger partial charge in [-0.05, 0) is 38.1 Å². The van der Waals surface area contributed by atoms with Crippen LogP contribution in [0.3, 0.4) is 0 Å². The highest BCUT2D eigenvalue weighted by Crippen LogP contribution is 2.33. The lowest BCUT2D eigenvalue weighted by Crippen LogP contribution is -2.32. The number of hydrogen-bond acceptors (Lipinski definition) is 16. The van der Waals surface area contributed by atoms with Crippen molar-refractivity contribution in [2.75, 3.05) is 10.6 Å². The summed E-state index contributed by atoms with van der Waals surface area (Å²) in [6.07, 6.45) is 8.14. The number of ketones is 2. The zero-order valence-electron chi connectivity index (χ0n) is 26.6. The van der Waals surface area contributed by atoms with Crippen molar-refractivity contribution in [2.45, 2.75) is 25.9 Å². The van der Waals surface area contributed by atoms with Crippen molar-refractivity contribution in [3.05, 3.63) is 82.6 Å². The van der Waals surface area contributed by atoms with Crippen LogP contribution < -0.4 is 10.6 Å². The molecular formula is C30H20Cl2N16O4. The summed E-state index contributed by atoms with van der Waals surface area (Å²) in [5.74, 6) is -3.46. The molecule has 2 unspecified atom stereocenters. The number of hydrogen-bond donors (Lipinski definition) is 2. The van der Waals surface area contributed by atoms with Gasteiger partial charge >= 0.3 is 0 Å². The van der Waals surface area contributed by atoms with E-state index in [4.69, 9.17) is 23.2 Å². The van der Waals surface area contributed by atoms with Gasteiger partial charge in [0, 0.05) is 24.8 Å². The normalized spacial score (nSPS) is 12.2. The predicted molar refractivity (Wildman–Crippen MR) is 179 cm³/mol. The molecule has 4 heterocycles. The van der Waals surface area contributed by atoms with Gasteiger partial charge in [0.1, 0.15) is 23.3 Å². The SMILES string of the molecule is CC(=O)C(N=Nc1c(C#N)cnn1-c1ncccn1)C(=O)Nc1cc(Cl)c(NC(=O)C(N=Nc2c(C#N)cnn2-c2ncccn2)C(C)=O)cc1Cl. The van der Waals surface area contributed by atoms with Crippen molar-refractivity contribution in [3.63, 3.8) is 0 Å². The minimum Gasteiger partial charge on any atom is -0.322 e. The average Bonchev–Trinajstić information content (AvgIpc) is 3.74. The van der Waals surface area contributed by atoms with Gasteiger partial charge in [-0.3, -0.25) is 19.2 Å². The van der Waals surface area contributed by atoms with Crippen molar-refractivity contribution < 1.29 is 19.2 Å². The Kier molecular flexibility index (Phi) is 11.1. The van der Waals surface area contributed by atoms with Crippen molar-refractivity contribution in [2.24, 2.45) is 20.5 Å². The average molecular weight is 740 g/mol. The van der Waals surface area contributed by atoms with E-state index < -0.39 is 35.5 Å². The molecule has 2 atom stereocenters. The molecule has 22 heteroatoms. The first-order valence-electron chi connectivity index (χ1n) is 14.5. The van der Waals surface area contributed by atoms with Gasteiger partial charge in [-0.15, -0.1) is 10.2 Å². The largest absolute Gasteiger partial charge is 0.322 e. The van der Waals surface area contributed by atoms with E-state index in [2.05, 4.69) is 61.2 Å². The monoisotopic (exact) mass is 738 g/mol. The summed E-state index contributed by atoms with van der Waals surface area (Å²) in [5.41, 5.74) is -0.195. The topological polar surface area (TPSA) is 277 Å². The molecule has 5 rings (SSSR count). The highest BCUT2D eigenvalue weighted by Gasteiger charge is 2.27. The van der Waals surface area contributed by atoms with Gasteiger partial charge in [0.2, 0.25) is 12.1 Å². The van der Waals surface area contributed by atoms with Crippen LogP contribution in [0.2, 0.25) is 10.0 Å². The summed E-state index contributed by atoms with van der Waals surface area (Å²) in [4.78, 5) is 67.4. The number of Topliss-reactive ketones (excluding diaryl/α,β-unsaturated/α-hetero) is 2. The Morgan fingerprint density at radius 1 is 0.692 bits per heavy atom. The number of aromatic nitrogens is 8. The van der Waals surface area contributed by atoms with E-state index >= 15 is 0 Å². The van der Waals surface area contributed by atoms with Gasteiger partial charge in [-0.2, -0.15) is 40.3 Å². The number of nitriles is 2. The number of azo groups is 2. The van der Waals surface area contributed by atoms with Crippen LogP contribution >= 0.6 is 23.2 Å². The number of amides is 2. The predicted octanol–water partition coefficient (Wildman–Crippen LogP) is 4.05. The fourth-order valence-electron chi connectivity index (χ4n) is 4.13. The fraction of sp³-hybridized carbons (Fsp3) is 0.133. The van der Waals surface area contributed by atoms with E-state index in [9.17, 15) is 29.7 Å². The summed E-state index contributed by atoms with van der Waals surface area (Å²) in [5, 5.41) is 47.2. The van der Waals surface area contributed by atoms with Gasteiger partial charge < -0.3 is 10.6 Å². The molecule has 0 fully saturated rings. The Bertz CT molecular complexity index is 2160. The highest BCUT2D eigenvalue weighted by atomic mass is 35.5. The molecule has 0 saturated heterocycles. The summed E-state index contributed by atoms with van der Waals surface area (Å²) in [6.45, 7) is 2.21. The number of nitrogens with zero attached hydrogens (tertiary/aromatic N) is 14. The van der Waals surface area contributed by atoms with Crippen LogP contribution in [0.25, 0.3) is 11.9 Å². The molecule has 258 valence electrons. The molecule has 1 aromatic carbocycles. The molecule has 2 amide bonds. The molecule has 0 bridgehead atoms. The number of anilines is 2. The standard InChI is InChI=1S/C30H20Cl2N16O4/c1-15(49)23(43-45-25-17(11-33)13-39-47(25)29-35-5-3-6-36-29)27(51)41-21-9-20(32)22(10-19(21)31)42-28(52)24(16(2)50)44-46-26-18(12-34)14-40-48(26)30-37-7-4-8-38-30/h3-10,13-14,23-24H,1-2H3,(H,41,51)(H,42,52). The summed E-state index contributed by atoms with van der Waals surface area (Å²) >= 11 is 12.8. The van der Waals surface area contributed by atoms with Crippen LogP contribution in [0.4, 0.5) is 23.0 Å². The second-order valence-electron chi connectivity index (χ2n) is 10.2. The molecule has 0 aliphatic carbocycles. The van der Waals surface area contributed by atoms with E-state index in [0.717, 1.165) is 23.2 Å². The van der Waals surface area contributed by atoms with Crippen LogP contribution in [0, 0.1) is 22.7 Å². The second-order valence-corrected chi connectivity index (χ2v) is 11.0. The molecule has 52 heavy (non-hydrogen) atoms. The number of nitrogens with one attached hydrogen (secondary N) is 2. The maximum Gasteiger partial charge on any atom is 0.258 e. The number of halogens is 2. The van der Waals surface area contributed by atoms with Gasteiger partial charge in [0.05, 0.1) is 33.8 Å². The first-order chi connectivity index (χ1) is 25.0. The molecule has 0 aliphatic rings. The van der Waals surface area contributed by atoms with Crippen LogP contribution in [0.1, 0.15) is 25.0 Å². The van der Waals surface area contributed by atoms with E-state index in [1.165, 1.54) is 49.3 Å². The Labute approximate surface area is 301 Å². The summed E-state index contributed by atoms with van der Waals surface area (Å²) < 4.78 is 2.22. The second kappa shape index (κ2) is 16.0. The Morgan fingerprint density at radius 3 is 1.38 bits per heavy atom. The zero-order chi connectivity index (χ0) is 37.4. The van der Waals surface area contributed by atoms with Gasteiger partial charge in [0.15, 0.2) is 23.2 Å². The van der Waals surface area contributed by atoms with E-state index in [0.29, 0.717) is 0 Å². The smallest absolute Gasteiger partial charge is 0.258 e. The zero-order valence-corrected chi connectivity index (χ0v) is 28.1. The Hall–Kier alpha value is -7.16. The number of carbonyl (C=O) groups excluding carboxylic acids is 4. The van der Waals surface area contributed by atoms with Gasteiger partial charge in [0.25, 0.3) is 23.7 Å². The molecule has 0 saturated carbocycles. The van der Waals surface area contributed by atoms with E-state index in [1.54, 1.807) is 12.1 Å². The maximum atomic E-state index is 13.2. The van der Waals surface area contributed by atoms with E-state index in [1.807, 2.05) is 12.1 Å². The molecule has 0 aliphatic heterocycles. The highest BCUT2D eigenvalue weighted by molar-refractivity contribution is 6.38. The lowest BCUT2D eigenvalue weighted by Gasteiger charge is -2.15. The van der Waals surface area contributed by atoms with Crippen LogP contribution in [-0.2, 0) is 19.2 Å². The van der Waals surface area contributed by atoms with Crippen LogP contribution in [0.15, 0.2) is 81.9 Å². The number of carbonyl (C=O) groups is 4. The fourth-order valence-corrected chi connectivity index (χ4v) is 4.55. The summed E-state index contributed by atoms with van der Waals surface area (Å²) in [7, 11) is 0.